The van der Waals surface area contributed by atoms with Gasteiger partial charge in [-0.05, 0) is 28.8 Å². The van der Waals surface area contributed by atoms with Crippen molar-refractivity contribution < 1.29 is 47.7 Å². The lowest BCUT2D eigenvalue weighted by molar-refractivity contribution is -0.268. The number of ketones is 1. The predicted molar refractivity (Wildman–Crippen MR) is 186 cm³/mol. The SMILES string of the molecule is CC(=O)OC[C@@H]1O[C@@H](n2c(-c3ccccc3)c(C(C)=O)c(-c3cccc4ccccc34)c(C#N)c2=S)[C@@H](OC(C)=O)[C@H](OC(C)=O)[C@@H]1OC(C)=O. The Morgan fingerprint density at radius 2 is 1.35 bits per heavy atom. The first kappa shape index (κ1) is 36.6. The maximum Gasteiger partial charge on any atom is 0.303 e. The maximum atomic E-state index is 14.0. The van der Waals surface area contributed by atoms with Crippen LogP contribution in [0.5, 0.6) is 0 Å². The summed E-state index contributed by atoms with van der Waals surface area (Å²) < 4.78 is 30.1. The zero-order chi connectivity index (χ0) is 37.0. The fourth-order valence-corrected chi connectivity index (χ4v) is 6.73. The van der Waals surface area contributed by atoms with Crippen LogP contribution in [0.15, 0.2) is 72.8 Å². The third kappa shape index (κ3) is 7.57. The Hall–Kier alpha value is -5.71. The molecule has 4 aromatic rings. The van der Waals surface area contributed by atoms with Crippen LogP contribution in [0.3, 0.4) is 0 Å². The molecule has 1 aliphatic heterocycles. The predicted octanol–water partition coefficient (Wildman–Crippen LogP) is 6.03. The van der Waals surface area contributed by atoms with Gasteiger partial charge in [-0.15, -0.1) is 0 Å². The number of Topliss-reactive ketones (excluding diaryl/α,β-unsaturated/α-hetero) is 1. The van der Waals surface area contributed by atoms with Crippen LogP contribution < -0.4 is 0 Å². The lowest BCUT2D eigenvalue weighted by Crippen LogP contribution is -2.60. The van der Waals surface area contributed by atoms with Crippen molar-refractivity contribution in [3.63, 3.8) is 0 Å². The highest BCUT2D eigenvalue weighted by Crippen LogP contribution is 2.44. The summed E-state index contributed by atoms with van der Waals surface area (Å²) in [6.45, 7) is 5.40. The molecule has 1 aliphatic rings. The quantitative estimate of drug-likeness (QED) is 0.0860. The molecule has 5 rings (SSSR count). The Kier molecular flexibility index (Phi) is 11.1. The molecule has 0 saturated carbocycles. The summed E-state index contributed by atoms with van der Waals surface area (Å²) in [5, 5.41) is 12.4. The molecule has 0 N–H and O–H groups in total. The molecule has 0 radical (unpaired) electrons. The van der Waals surface area contributed by atoms with E-state index in [-0.39, 0.29) is 27.0 Å². The number of carbonyl (C=O) groups excluding carboxylic acids is 5. The number of ether oxygens (including phenoxy) is 5. The molecule has 1 aromatic heterocycles. The molecule has 1 saturated heterocycles. The van der Waals surface area contributed by atoms with Gasteiger partial charge < -0.3 is 28.3 Å². The fraction of sp³-hybridized carbons (Fsp3) is 0.289. The molecule has 13 heteroatoms. The van der Waals surface area contributed by atoms with Crippen molar-refractivity contribution in [3.8, 4) is 28.5 Å². The van der Waals surface area contributed by atoms with E-state index in [4.69, 9.17) is 35.9 Å². The van der Waals surface area contributed by atoms with E-state index in [1.807, 2.05) is 36.4 Å². The largest absolute Gasteiger partial charge is 0.463 e. The Morgan fingerprint density at radius 3 is 1.96 bits per heavy atom. The average molecular weight is 711 g/mol. The molecule has 0 bridgehead atoms. The van der Waals surface area contributed by atoms with Crippen LogP contribution >= 0.6 is 12.2 Å². The lowest BCUT2D eigenvalue weighted by Gasteiger charge is -2.45. The smallest absolute Gasteiger partial charge is 0.303 e. The van der Waals surface area contributed by atoms with Crippen molar-refractivity contribution >= 4 is 52.7 Å². The number of esters is 4. The van der Waals surface area contributed by atoms with Crippen LogP contribution in [0.4, 0.5) is 0 Å². The Bertz CT molecular complexity index is 2130. The van der Waals surface area contributed by atoms with Gasteiger partial charge in [0.25, 0.3) is 0 Å². The van der Waals surface area contributed by atoms with E-state index in [0.717, 1.165) is 31.5 Å². The van der Waals surface area contributed by atoms with E-state index < -0.39 is 66.9 Å². The van der Waals surface area contributed by atoms with Crippen LogP contribution in [-0.4, -0.2) is 65.3 Å². The summed E-state index contributed by atoms with van der Waals surface area (Å²) in [5.74, 6) is -3.54. The normalized spacial score (nSPS) is 19.7. The number of fused-ring (bicyclic) bond motifs is 1. The van der Waals surface area contributed by atoms with Gasteiger partial charge in [0.2, 0.25) is 0 Å². The standard InChI is InChI=1S/C38H34N2O10S/c1-20(41)31-32(28-17-11-15-25-12-9-10-16-27(25)28)29(18-39)38(51)40(33(31)26-13-7-6-8-14-26)37-36(49-24(5)45)35(48-23(4)44)34(47-22(3)43)30(50-37)19-46-21(2)42/h6-17,30,34-37H,19H2,1-5H3/t30-,34+,35+,36-,37+/m0/s1. The monoisotopic (exact) mass is 710 g/mol. The van der Waals surface area contributed by atoms with Gasteiger partial charge in [0.1, 0.15) is 23.4 Å². The summed E-state index contributed by atoms with van der Waals surface area (Å²) >= 11 is 6.08. The van der Waals surface area contributed by atoms with Gasteiger partial charge >= 0.3 is 23.9 Å². The Morgan fingerprint density at radius 1 is 0.765 bits per heavy atom. The number of rotatable bonds is 9. The number of nitriles is 1. The second-order valence-corrected chi connectivity index (χ2v) is 12.2. The number of benzene rings is 3. The summed E-state index contributed by atoms with van der Waals surface area (Å²) in [7, 11) is 0. The van der Waals surface area contributed by atoms with Crippen molar-refractivity contribution in [1.29, 1.82) is 5.26 Å². The van der Waals surface area contributed by atoms with Gasteiger partial charge in [-0.3, -0.25) is 24.0 Å². The first-order valence-corrected chi connectivity index (χ1v) is 16.3. The van der Waals surface area contributed by atoms with Crippen molar-refractivity contribution in [2.24, 2.45) is 0 Å². The van der Waals surface area contributed by atoms with E-state index in [1.54, 1.807) is 36.4 Å². The zero-order valence-corrected chi connectivity index (χ0v) is 29.2. The molecule has 12 nitrogen and oxygen atoms in total. The van der Waals surface area contributed by atoms with Gasteiger partial charge in [0, 0.05) is 33.3 Å². The van der Waals surface area contributed by atoms with Gasteiger partial charge in [-0.25, -0.2) is 0 Å². The van der Waals surface area contributed by atoms with Crippen LogP contribution in [0.1, 0.15) is 56.8 Å². The highest BCUT2D eigenvalue weighted by molar-refractivity contribution is 7.71. The third-order valence-corrected chi connectivity index (χ3v) is 8.60. The van der Waals surface area contributed by atoms with Crippen molar-refractivity contribution in [2.75, 3.05) is 6.61 Å². The van der Waals surface area contributed by atoms with E-state index in [9.17, 15) is 29.2 Å². The minimum atomic E-state index is -1.56. The first-order valence-electron chi connectivity index (χ1n) is 15.9. The topological polar surface area (TPSA) is 160 Å². The lowest BCUT2D eigenvalue weighted by atomic mass is 9.87. The molecule has 5 atom stereocenters. The molecule has 0 amide bonds. The maximum absolute atomic E-state index is 14.0. The van der Waals surface area contributed by atoms with Crippen molar-refractivity contribution in [2.45, 2.75) is 65.3 Å². The van der Waals surface area contributed by atoms with Crippen LogP contribution in [0.25, 0.3) is 33.2 Å². The molecule has 51 heavy (non-hydrogen) atoms. The van der Waals surface area contributed by atoms with Crippen molar-refractivity contribution in [1.82, 2.24) is 4.57 Å². The van der Waals surface area contributed by atoms with Crippen LogP contribution in [0, 0.1) is 16.0 Å². The molecule has 1 fully saturated rings. The summed E-state index contributed by atoms with van der Waals surface area (Å²) in [5.41, 5.74) is 1.59. The summed E-state index contributed by atoms with van der Waals surface area (Å²) in [6, 6.07) is 24.0. The minimum absolute atomic E-state index is 0.0564. The first-order chi connectivity index (χ1) is 24.3. The molecule has 2 heterocycles. The Labute approximate surface area is 298 Å². The molecule has 3 aromatic carbocycles. The van der Waals surface area contributed by atoms with Gasteiger partial charge in [-0.1, -0.05) is 85.0 Å². The van der Waals surface area contributed by atoms with E-state index in [0.29, 0.717) is 11.1 Å². The number of hydrogen-bond donors (Lipinski definition) is 0. The van der Waals surface area contributed by atoms with Crippen LogP contribution in [0.2, 0.25) is 0 Å². The van der Waals surface area contributed by atoms with Crippen LogP contribution in [-0.2, 0) is 42.9 Å². The molecule has 0 aliphatic carbocycles. The molecule has 0 spiro atoms. The molecule has 262 valence electrons. The number of hydrogen-bond acceptors (Lipinski definition) is 12. The second kappa shape index (κ2) is 15.5. The van der Waals surface area contributed by atoms with Gasteiger partial charge in [-0.2, -0.15) is 5.26 Å². The van der Waals surface area contributed by atoms with Crippen molar-refractivity contribution in [3.05, 3.63) is 88.6 Å². The molecular formula is C38H34N2O10S. The Balaban J connectivity index is 1.93. The minimum Gasteiger partial charge on any atom is -0.463 e. The molecule has 0 unspecified atom stereocenters. The number of carbonyl (C=O) groups is 5. The molecular weight excluding hydrogens is 676 g/mol. The van der Waals surface area contributed by atoms with E-state index in [2.05, 4.69) is 6.07 Å². The zero-order valence-electron chi connectivity index (χ0n) is 28.4. The van der Waals surface area contributed by atoms with Gasteiger partial charge in [0.15, 0.2) is 30.3 Å². The number of nitrogens with zero attached hydrogens (tertiary/aromatic N) is 2. The average Bonchev–Trinajstić information content (AvgIpc) is 3.08. The summed E-state index contributed by atoms with van der Waals surface area (Å²) in [4.78, 5) is 63.6. The van der Waals surface area contributed by atoms with E-state index >= 15 is 0 Å². The van der Waals surface area contributed by atoms with Gasteiger partial charge in [0.05, 0.1) is 16.8 Å². The number of pyridine rings is 1. The highest BCUT2D eigenvalue weighted by Gasteiger charge is 2.53. The second-order valence-electron chi connectivity index (χ2n) is 11.8. The summed E-state index contributed by atoms with van der Waals surface area (Å²) in [6.07, 6.45) is -7.36. The highest BCUT2D eigenvalue weighted by atomic mass is 32.1. The third-order valence-electron chi connectivity index (χ3n) is 8.20. The van der Waals surface area contributed by atoms with E-state index in [1.165, 1.54) is 18.4 Å². The fourth-order valence-electron chi connectivity index (χ4n) is 6.39. The number of aromatic nitrogens is 1.